The van der Waals surface area contributed by atoms with Crippen molar-refractivity contribution in [2.75, 3.05) is 5.75 Å². The van der Waals surface area contributed by atoms with Crippen molar-refractivity contribution < 1.29 is 18.9 Å². The van der Waals surface area contributed by atoms with E-state index < -0.39 is 28.2 Å². The molecule has 0 spiro atoms. The molecule has 0 aliphatic rings. The number of amides is 2. The van der Waals surface area contributed by atoms with Gasteiger partial charge in [-0.2, -0.15) is 0 Å². The van der Waals surface area contributed by atoms with Gasteiger partial charge in [0, 0.05) is 16.0 Å². The molecule has 0 aliphatic carbocycles. The van der Waals surface area contributed by atoms with Crippen LogP contribution in [0.25, 0.3) is 0 Å². The van der Waals surface area contributed by atoms with Gasteiger partial charge in [-0.25, -0.2) is 4.39 Å². The summed E-state index contributed by atoms with van der Waals surface area (Å²) < 4.78 is 13.4. The van der Waals surface area contributed by atoms with Crippen LogP contribution >= 0.6 is 23.4 Å². The Hall–Kier alpha value is -2.65. The molecule has 0 radical (unpaired) electrons. The maximum atomic E-state index is 13.4. The number of thioether (sulfide) groups is 1. The predicted octanol–water partition coefficient (Wildman–Crippen LogP) is 2.94. The fourth-order valence-corrected chi connectivity index (χ4v) is 2.70. The lowest BCUT2D eigenvalue weighted by atomic mass is 10.2. The van der Waals surface area contributed by atoms with Crippen LogP contribution in [-0.4, -0.2) is 22.5 Å². The van der Waals surface area contributed by atoms with Crippen LogP contribution in [-0.2, 0) is 4.79 Å². The van der Waals surface area contributed by atoms with Gasteiger partial charge in [0.15, 0.2) is 0 Å². The fraction of sp³-hybridized carbons (Fsp3) is 0.0667. The van der Waals surface area contributed by atoms with E-state index in [0.29, 0.717) is 0 Å². The fourth-order valence-electron chi connectivity index (χ4n) is 1.78. The van der Waals surface area contributed by atoms with Crippen LogP contribution in [0.2, 0.25) is 5.02 Å². The van der Waals surface area contributed by atoms with Crippen molar-refractivity contribution in [3.63, 3.8) is 0 Å². The lowest BCUT2D eigenvalue weighted by Gasteiger charge is -2.08. The molecule has 0 heterocycles. The lowest BCUT2D eigenvalue weighted by molar-refractivity contribution is -0.385. The number of benzene rings is 2. The van der Waals surface area contributed by atoms with Gasteiger partial charge in [0.25, 0.3) is 11.6 Å². The van der Waals surface area contributed by atoms with Crippen LogP contribution in [0.15, 0.2) is 47.4 Å². The number of hydrogen-bond acceptors (Lipinski definition) is 5. The third kappa shape index (κ3) is 5.16. The van der Waals surface area contributed by atoms with E-state index in [2.05, 4.69) is 10.9 Å². The monoisotopic (exact) mass is 383 g/mol. The minimum absolute atomic E-state index is 0.136. The Labute approximate surface area is 150 Å². The molecule has 0 fully saturated rings. The highest BCUT2D eigenvalue weighted by molar-refractivity contribution is 8.00. The van der Waals surface area contributed by atoms with E-state index in [1.54, 1.807) is 6.07 Å². The molecule has 10 heteroatoms. The molecule has 0 unspecified atom stereocenters. The highest BCUT2D eigenvalue weighted by Crippen LogP contribution is 2.23. The molecule has 0 bridgehead atoms. The van der Waals surface area contributed by atoms with E-state index in [0.717, 1.165) is 23.9 Å². The van der Waals surface area contributed by atoms with Gasteiger partial charge in [-0.05, 0) is 24.3 Å². The van der Waals surface area contributed by atoms with Gasteiger partial charge in [0.2, 0.25) is 5.91 Å². The van der Waals surface area contributed by atoms with Crippen LogP contribution in [0.3, 0.4) is 0 Å². The number of hydrogen-bond donors (Lipinski definition) is 2. The van der Waals surface area contributed by atoms with Gasteiger partial charge in [-0.15, -0.1) is 11.8 Å². The van der Waals surface area contributed by atoms with Gasteiger partial charge < -0.3 is 0 Å². The Morgan fingerprint density at radius 1 is 1.20 bits per heavy atom. The van der Waals surface area contributed by atoms with Gasteiger partial charge in [0.05, 0.1) is 10.7 Å². The first-order valence-electron chi connectivity index (χ1n) is 6.79. The maximum absolute atomic E-state index is 13.4. The summed E-state index contributed by atoms with van der Waals surface area (Å²) in [5, 5.41) is 11.1. The molecule has 0 saturated carbocycles. The minimum Gasteiger partial charge on any atom is -0.272 e. The number of hydrazine groups is 1. The Morgan fingerprint density at radius 3 is 2.60 bits per heavy atom. The number of halogens is 2. The van der Waals surface area contributed by atoms with E-state index in [-0.39, 0.29) is 21.2 Å². The Bertz CT molecular complexity index is 834. The number of nitro groups is 1. The van der Waals surface area contributed by atoms with Crippen molar-refractivity contribution >= 4 is 40.9 Å². The van der Waals surface area contributed by atoms with E-state index in [1.165, 1.54) is 24.3 Å². The summed E-state index contributed by atoms with van der Waals surface area (Å²) in [7, 11) is 0. The van der Waals surface area contributed by atoms with Crippen molar-refractivity contribution in [2.24, 2.45) is 0 Å². The highest BCUT2D eigenvalue weighted by Gasteiger charge is 2.20. The zero-order valence-corrected chi connectivity index (χ0v) is 14.1. The third-order valence-corrected chi connectivity index (χ3v) is 4.19. The second-order valence-electron chi connectivity index (χ2n) is 4.64. The number of rotatable bonds is 5. The standard InChI is InChI=1S/C15H11ClFN3O4S/c16-9-5-6-12(20(23)24)10(7-9)15(22)19-18-14(21)8-25-13-4-2-1-3-11(13)17/h1-7H,8H2,(H,18,21)(H,19,22). The summed E-state index contributed by atoms with van der Waals surface area (Å²) in [6.07, 6.45) is 0. The van der Waals surface area contributed by atoms with Crippen LogP contribution in [0, 0.1) is 15.9 Å². The Morgan fingerprint density at radius 2 is 1.92 bits per heavy atom. The molecule has 2 N–H and O–H groups in total. The third-order valence-electron chi connectivity index (χ3n) is 2.91. The maximum Gasteiger partial charge on any atom is 0.282 e. The summed E-state index contributed by atoms with van der Waals surface area (Å²) in [4.78, 5) is 34.2. The number of carbonyl (C=O) groups excluding carboxylic acids is 2. The molecule has 0 aromatic heterocycles. The largest absolute Gasteiger partial charge is 0.282 e. The summed E-state index contributed by atoms with van der Waals surface area (Å²) >= 11 is 6.68. The van der Waals surface area contributed by atoms with Crippen molar-refractivity contribution in [3.8, 4) is 0 Å². The van der Waals surface area contributed by atoms with E-state index in [4.69, 9.17) is 11.6 Å². The normalized spacial score (nSPS) is 10.2. The molecular formula is C15H11ClFN3O4S. The summed E-state index contributed by atoms with van der Waals surface area (Å²) in [5.41, 5.74) is 3.43. The molecular weight excluding hydrogens is 373 g/mol. The summed E-state index contributed by atoms with van der Waals surface area (Å²) in [6, 6.07) is 9.42. The van der Waals surface area contributed by atoms with Crippen molar-refractivity contribution in [1.29, 1.82) is 0 Å². The van der Waals surface area contributed by atoms with Crippen molar-refractivity contribution in [2.45, 2.75) is 4.90 Å². The first-order valence-corrected chi connectivity index (χ1v) is 8.15. The molecule has 2 rings (SSSR count). The number of nitrogens with zero attached hydrogens (tertiary/aromatic N) is 1. The SMILES string of the molecule is O=C(CSc1ccccc1F)NNC(=O)c1cc(Cl)ccc1[N+](=O)[O-]. The van der Waals surface area contributed by atoms with Crippen molar-refractivity contribution in [1.82, 2.24) is 10.9 Å². The highest BCUT2D eigenvalue weighted by atomic mass is 35.5. The molecule has 0 atom stereocenters. The van der Waals surface area contributed by atoms with E-state index in [1.807, 2.05) is 0 Å². The Kier molecular flexibility index (Phi) is 6.31. The van der Waals surface area contributed by atoms with Gasteiger partial charge >= 0.3 is 0 Å². The number of nitro benzene ring substituents is 1. The average Bonchev–Trinajstić information content (AvgIpc) is 2.58. The molecule has 7 nitrogen and oxygen atoms in total. The first kappa shape index (κ1) is 18.7. The quantitative estimate of drug-likeness (QED) is 0.469. The second kappa shape index (κ2) is 8.45. The molecule has 0 aliphatic heterocycles. The predicted molar refractivity (Wildman–Crippen MR) is 90.8 cm³/mol. The zero-order chi connectivity index (χ0) is 18.4. The molecule has 2 aromatic carbocycles. The van der Waals surface area contributed by atoms with E-state index in [9.17, 15) is 24.1 Å². The van der Waals surface area contributed by atoms with E-state index >= 15 is 0 Å². The molecule has 0 saturated heterocycles. The molecule has 25 heavy (non-hydrogen) atoms. The smallest absolute Gasteiger partial charge is 0.272 e. The number of nitrogens with one attached hydrogen (secondary N) is 2. The lowest BCUT2D eigenvalue weighted by Crippen LogP contribution is -2.42. The average molecular weight is 384 g/mol. The summed E-state index contributed by atoms with van der Waals surface area (Å²) in [5.74, 6) is -2.11. The molecule has 2 aromatic rings. The zero-order valence-electron chi connectivity index (χ0n) is 12.5. The van der Waals surface area contributed by atoms with Gasteiger partial charge in [-0.1, -0.05) is 23.7 Å². The van der Waals surface area contributed by atoms with Crippen LogP contribution < -0.4 is 10.9 Å². The van der Waals surface area contributed by atoms with Gasteiger partial charge in [0.1, 0.15) is 11.4 Å². The van der Waals surface area contributed by atoms with Crippen LogP contribution in [0.4, 0.5) is 10.1 Å². The molecule has 130 valence electrons. The van der Waals surface area contributed by atoms with Crippen LogP contribution in [0.1, 0.15) is 10.4 Å². The minimum atomic E-state index is -0.890. The number of carbonyl (C=O) groups is 2. The Balaban J connectivity index is 1.94. The van der Waals surface area contributed by atoms with Crippen LogP contribution in [0.5, 0.6) is 0 Å². The first-order chi connectivity index (χ1) is 11.9. The second-order valence-corrected chi connectivity index (χ2v) is 6.09. The van der Waals surface area contributed by atoms with Gasteiger partial charge in [-0.3, -0.25) is 30.6 Å². The summed E-state index contributed by atoms with van der Waals surface area (Å²) in [6.45, 7) is 0. The topological polar surface area (TPSA) is 101 Å². The molecule has 2 amide bonds. The van der Waals surface area contributed by atoms with Crippen molar-refractivity contribution in [3.05, 3.63) is 69.0 Å².